The third-order valence-electron chi connectivity index (χ3n) is 3.95. The van der Waals surface area contributed by atoms with Gasteiger partial charge < -0.3 is 21.3 Å². The van der Waals surface area contributed by atoms with Crippen LogP contribution in [0.4, 0.5) is 21.0 Å². The fourth-order valence-corrected chi connectivity index (χ4v) is 2.80. The van der Waals surface area contributed by atoms with Crippen molar-refractivity contribution in [3.8, 4) is 0 Å². The summed E-state index contributed by atoms with van der Waals surface area (Å²) in [5.74, 6) is 0.760. The lowest BCUT2D eigenvalue weighted by molar-refractivity contribution is 0.242. The number of nitrogens with zero attached hydrogens (tertiary/aromatic N) is 3. The monoisotopic (exact) mass is 364 g/mol. The summed E-state index contributed by atoms with van der Waals surface area (Å²) in [6, 6.07) is 7.22. The lowest BCUT2D eigenvalue weighted by atomic mass is 10.1. The van der Waals surface area contributed by atoms with Gasteiger partial charge in [0.1, 0.15) is 16.8 Å². The topological polar surface area (TPSA) is 96.2 Å². The van der Waals surface area contributed by atoms with Gasteiger partial charge in [-0.2, -0.15) is 4.98 Å². The molecule has 2 amide bonds. The molecule has 0 spiro atoms. The maximum atomic E-state index is 13.0. The molecule has 0 saturated carbocycles. The number of primary amides is 1. The Balaban J connectivity index is 1.67. The summed E-state index contributed by atoms with van der Waals surface area (Å²) >= 11 is 6.09. The Morgan fingerprint density at radius 3 is 2.68 bits per heavy atom. The molecule has 132 valence electrons. The third kappa shape index (κ3) is 4.27. The van der Waals surface area contributed by atoms with Crippen LogP contribution in [0.3, 0.4) is 0 Å². The van der Waals surface area contributed by atoms with Crippen LogP contribution in [0.5, 0.6) is 0 Å². The van der Waals surface area contributed by atoms with Gasteiger partial charge in [-0.15, -0.1) is 0 Å². The first-order valence-electron chi connectivity index (χ1n) is 7.78. The number of carbonyl (C=O) groups excluding carboxylic acids is 1. The quantitative estimate of drug-likeness (QED) is 0.707. The molecule has 25 heavy (non-hydrogen) atoms. The predicted molar refractivity (Wildman–Crippen MR) is 94.2 cm³/mol. The molecule has 1 aromatic heterocycles. The number of benzene rings is 1. The van der Waals surface area contributed by atoms with Crippen molar-refractivity contribution >= 4 is 29.4 Å². The SMILES string of the molecule is CC(Nc1nc(Cl)cc(N2CC(NC(N)=O)C2)n1)c1ccc(F)cc1. The van der Waals surface area contributed by atoms with Crippen LogP contribution in [0.25, 0.3) is 0 Å². The third-order valence-corrected chi connectivity index (χ3v) is 4.14. The number of hydrogen-bond donors (Lipinski definition) is 3. The molecular formula is C16H18ClFN6O. The zero-order chi connectivity index (χ0) is 18.0. The highest BCUT2D eigenvalue weighted by Crippen LogP contribution is 2.25. The summed E-state index contributed by atoms with van der Waals surface area (Å²) < 4.78 is 13.0. The van der Waals surface area contributed by atoms with Gasteiger partial charge in [0.05, 0.1) is 12.1 Å². The summed E-state index contributed by atoms with van der Waals surface area (Å²) in [5.41, 5.74) is 6.01. The van der Waals surface area contributed by atoms with Crippen LogP contribution in [0.1, 0.15) is 18.5 Å². The second-order valence-electron chi connectivity index (χ2n) is 5.90. The smallest absolute Gasteiger partial charge is 0.312 e. The molecule has 1 saturated heterocycles. The predicted octanol–water partition coefficient (Wildman–Crippen LogP) is 2.30. The average Bonchev–Trinajstić information content (AvgIpc) is 2.50. The molecule has 2 heterocycles. The first-order chi connectivity index (χ1) is 11.9. The Kier molecular flexibility index (Phi) is 4.89. The van der Waals surface area contributed by atoms with Crippen molar-refractivity contribution in [2.45, 2.75) is 19.0 Å². The number of halogens is 2. The van der Waals surface area contributed by atoms with Crippen molar-refractivity contribution < 1.29 is 9.18 Å². The number of anilines is 2. The Morgan fingerprint density at radius 1 is 1.36 bits per heavy atom. The standard InChI is InChI=1S/C16H18ClFN6O/c1-9(10-2-4-11(18)5-3-10)20-16-22-13(17)6-14(23-16)24-7-12(8-24)21-15(19)25/h2-6,9,12H,7-8H2,1H3,(H3,19,21,25)(H,20,22,23). The van der Waals surface area contributed by atoms with Gasteiger partial charge in [-0.25, -0.2) is 14.2 Å². The van der Waals surface area contributed by atoms with E-state index in [4.69, 9.17) is 17.3 Å². The fraction of sp³-hybridized carbons (Fsp3) is 0.312. The highest BCUT2D eigenvalue weighted by Gasteiger charge is 2.29. The number of amides is 2. The fourth-order valence-electron chi connectivity index (χ4n) is 2.62. The number of rotatable bonds is 5. The lowest BCUT2D eigenvalue weighted by Gasteiger charge is -2.40. The van der Waals surface area contributed by atoms with E-state index in [0.29, 0.717) is 30.0 Å². The van der Waals surface area contributed by atoms with Gasteiger partial charge >= 0.3 is 6.03 Å². The minimum absolute atomic E-state index is 0.000730. The number of hydrogen-bond acceptors (Lipinski definition) is 5. The molecule has 1 aromatic carbocycles. The lowest BCUT2D eigenvalue weighted by Crippen LogP contribution is -2.60. The van der Waals surface area contributed by atoms with E-state index in [1.54, 1.807) is 18.2 Å². The molecule has 0 radical (unpaired) electrons. The molecule has 9 heteroatoms. The molecule has 1 atom stereocenters. The maximum absolute atomic E-state index is 13.0. The molecular weight excluding hydrogens is 347 g/mol. The van der Waals surface area contributed by atoms with Crippen LogP contribution in [-0.4, -0.2) is 35.1 Å². The zero-order valence-electron chi connectivity index (χ0n) is 13.5. The summed E-state index contributed by atoms with van der Waals surface area (Å²) in [6.07, 6.45) is 0. The van der Waals surface area contributed by atoms with Gasteiger partial charge in [0, 0.05) is 19.2 Å². The van der Waals surface area contributed by atoms with E-state index < -0.39 is 6.03 Å². The second kappa shape index (κ2) is 7.10. The summed E-state index contributed by atoms with van der Waals surface area (Å²) in [5, 5.41) is 6.11. The van der Waals surface area contributed by atoms with E-state index in [-0.39, 0.29) is 17.9 Å². The van der Waals surface area contributed by atoms with Crippen molar-refractivity contribution in [2.75, 3.05) is 23.3 Å². The average molecular weight is 365 g/mol. The molecule has 1 fully saturated rings. The van der Waals surface area contributed by atoms with Crippen molar-refractivity contribution in [3.05, 3.63) is 46.9 Å². The molecule has 4 N–H and O–H groups in total. The highest BCUT2D eigenvalue weighted by molar-refractivity contribution is 6.29. The molecule has 1 unspecified atom stereocenters. The summed E-state index contributed by atoms with van der Waals surface area (Å²) in [4.78, 5) is 21.4. The number of aromatic nitrogens is 2. The van der Waals surface area contributed by atoms with Crippen LogP contribution >= 0.6 is 11.6 Å². The normalized spacial score (nSPS) is 15.4. The summed E-state index contributed by atoms with van der Waals surface area (Å²) in [7, 11) is 0. The number of carbonyl (C=O) groups is 1. The molecule has 1 aliphatic heterocycles. The van der Waals surface area contributed by atoms with E-state index in [2.05, 4.69) is 20.6 Å². The van der Waals surface area contributed by atoms with Crippen LogP contribution in [0.15, 0.2) is 30.3 Å². The van der Waals surface area contributed by atoms with Crippen LogP contribution in [-0.2, 0) is 0 Å². The van der Waals surface area contributed by atoms with E-state index in [1.165, 1.54) is 12.1 Å². The Bertz CT molecular complexity index is 766. The van der Waals surface area contributed by atoms with Gasteiger partial charge in [0.25, 0.3) is 0 Å². The van der Waals surface area contributed by atoms with Crippen LogP contribution in [0.2, 0.25) is 5.15 Å². The highest BCUT2D eigenvalue weighted by atomic mass is 35.5. The van der Waals surface area contributed by atoms with Gasteiger partial charge in [-0.3, -0.25) is 0 Å². The van der Waals surface area contributed by atoms with Crippen molar-refractivity contribution in [1.82, 2.24) is 15.3 Å². The van der Waals surface area contributed by atoms with E-state index >= 15 is 0 Å². The number of nitrogens with two attached hydrogens (primary N) is 1. The molecule has 3 rings (SSSR count). The Hall–Kier alpha value is -2.61. The number of urea groups is 1. The molecule has 1 aliphatic rings. The Morgan fingerprint density at radius 2 is 2.04 bits per heavy atom. The Labute approximate surface area is 149 Å². The largest absolute Gasteiger partial charge is 0.352 e. The first-order valence-corrected chi connectivity index (χ1v) is 8.16. The minimum atomic E-state index is -0.541. The minimum Gasteiger partial charge on any atom is -0.352 e. The van der Waals surface area contributed by atoms with Crippen molar-refractivity contribution in [1.29, 1.82) is 0 Å². The zero-order valence-corrected chi connectivity index (χ0v) is 14.3. The summed E-state index contributed by atoms with van der Waals surface area (Å²) in [6.45, 7) is 3.13. The van der Waals surface area contributed by atoms with Gasteiger partial charge in [0.2, 0.25) is 5.95 Å². The van der Waals surface area contributed by atoms with Gasteiger partial charge in [-0.05, 0) is 24.6 Å². The molecule has 7 nitrogen and oxygen atoms in total. The van der Waals surface area contributed by atoms with E-state index in [1.807, 2.05) is 11.8 Å². The van der Waals surface area contributed by atoms with Crippen LogP contribution in [0, 0.1) is 5.82 Å². The first kappa shape index (κ1) is 17.2. The molecule has 0 aliphatic carbocycles. The van der Waals surface area contributed by atoms with Gasteiger partial charge in [0.15, 0.2) is 0 Å². The van der Waals surface area contributed by atoms with Crippen molar-refractivity contribution in [3.63, 3.8) is 0 Å². The van der Waals surface area contributed by atoms with Crippen molar-refractivity contribution in [2.24, 2.45) is 5.73 Å². The van der Waals surface area contributed by atoms with Gasteiger partial charge in [-0.1, -0.05) is 23.7 Å². The van der Waals surface area contributed by atoms with E-state index in [9.17, 15) is 9.18 Å². The molecule has 0 bridgehead atoms. The van der Waals surface area contributed by atoms with E-state index in [0.717, 1.165) is 5.56 Å². The van der Waals surface area contributed by atoms with Crippen LogP contribution < -0.4 is 21.3 Å². The second-order valence-corrected chi connectivity index (χ2v) is 6.29. The maximum Gasteiger partial charge on any atom is 0.312 e. The number of nitrogens with one attached hydrogen (secondary N) is 2. The molecule has 2 aromatic rings.